The molecular formula is C19H31NO6. The van der Waals surface area contributed by atoms with Crippen LogP contribution in [-0.2, 0) is 23.9 Å². The maximum Gasteiger partial charge on any atom is 0.326 e. The predicted molar refractivity (Wildman–Crippen MR) is 95.0 cm³/mol. The molecule has 26 heavy (non-hydrogen) atoms. The lowest BCUT2D eigenvalue weighted by atomic mass is 9.80. The van der Waals surface area contributed by atoms with E-state index in [2.05, 4.69) is 13.8 Å². The summed E-state index contributed by atoms with van der Waals surface area (Å²) < 4.78 is 10.0. The number of carbonyl (C=O) groups is 3. The number of ether oxygens (including phenoxy) is 2. The standard InChI is InChI=1S/C19H31NO6/c1-4-25-18(24)19(14-20,11-9-16(21)22)12-10-17(23)26-13-7-5-6-8-15(2)3/h15H,4-13H2,1-3H3,(H,21,22). The molecule has 0 aromatic carbocycles. The topological polar surface area (TPSA) is 114 Å². The Kier molecular flexibility index (Phi) is 12.1. The lowest BCUT2D eigenvalue weighted by Gasteiger charge is -2.23. The van der Waals surface area contributed by atoms with E-state index in [1.807, 2.05) is 6.07 Å². The van der Waals surface area contributed by atoms with Gasteiger partial charge in [0.15, 0.2) is 5.41 Å². The zero-order chi connectivity index (χ0) is 20.0. The molecule has 0 heterocycles. The number of esters is 2. The Hall–Kier alpha value is -2.10. The number of hydrogen-bond acceptors (Lipinski definition) is 6. The van der Waals surface area contributed by atoms with Crippen LogP contribution in [0.1, 0.15) is 72.1 Å². The molecule has 7 heteroatoms. The van der Waals surface area contributed by atoms with Crippen molar-refractivity contribution in [2.45, 2.75) is 72.1 Å². The molecule has 0 saturated heterocycles. The second kappa shape index (κ2) is 13.2. The molecule has 1 atom stereocenters. The number of carbonyl (C=O) groups excluding carboxylic acids is 2. The number of rotatable bonds is 14. The number of carboxylic acids is 1. The molecule has 1 N–H and O–H groups in total. The van der Waals surface area contributed by atoms with E-state index in [1.165, 1.54) is 0 Å². The van der Waals surface area contributed by atoms with E-state index < -0.39 is 23.3 Å². The van der Waals surface area contributed by atoms with E-state index in [1.54, 1.807) is 6.92 Å². The van der Waals surface area contributed by atoms with Crippen LogP contribution < -0.4 is 0 Å². The molecule has 0 aliphatic carbocycles. The highest BCUT2D eigenvalue weighted by Crippen LogP contribution is 2.31. The molecule has 7 nitrogen and oxygen atoms in total. The van der Waals surface area contributed by atoms with Crippen molar-refractivity contribution in [2.75, 3.05) is 13.2 Å². The zero-order valence-electron chi connectivity index (χ0n) is 16.1. The number of nitriles is 1. The minimum absolute atomic E-state index is 0.0795. The SMILES string of the molecule is CCOC(=O)C(C#N)(CCC(=O)O)CCC(=O)OCCCCCC(C)C. The third-order valence-electron chi connectivity index (χ3n) is 4.09. The Labute approximate surface area is 155 Å². The molecule has 0 aromatic heterocycles. The fourth-order valence-electron chi connectivity index (χ4n) is 2.48. The van der Waals surface area contributed by atoms with Crippen LogP contribution in [0.2, 0.25) is 0 Å². The molecule has 0 aliphatic rings. The number of unbranched alkanes of at least 4 members (excludes halogenated alkanes) is 2. The van der Waals surface area contributed by atoms with Crippen LogP contribution in [0, 0.1) is 22.7 Å². The summed E-state index contributed by atoms with van der Waals surface area (Å²) in [5, 5.41) is 18.3. The second-order valence-electron chi connectivity index (χ2n) is 6.77. The molecule has 0 aliphatic heterocycles. The average molecular weight is 369 g/mol. The van der Waals surface area contributed by atoms with Gasteiger partial charge in [0.25, 0.3) is 0 Å². The first kappa shape index (κ1) is 23.9. The summed E-state index contributed by atoms with van der Waals surface area (Å²) in [5.41, 5.74) is -1.63. The van der Waals surface area contributed by atoms with E-state index in [0.717, 1.165) is 25.7 Å². The van der Waals surface area contributed by atoms with Gasteiger partial charge in [0.1, 0.15) is 0 Å². The van der Waals surface area contributed by atoms with Gasteiger partial charge in [-0.3, -0.25) is 14.4 Å². The van der Waals surface area contributed by atoms with Crippen LogP contribution in [-0.4, -0.2) is 36.2 Å². The lowest BCUT2D eigenvalue weighted by Crippen LogP contribution is -2.33. The average Bonchev–Trinajstić information content (AvgIpc) is 2.58. The second-order valence-corrected chi connectivity index (χ2v) is 6.77. The summed E-state index contributed by atoms with van der Waals surface area (Å²) in [6, 6.07) is 1.86. The van der Waals surface area contributed by atoms with E-state index >= 15 is 0 Å². The molecule has 0 bridgehead atoms. The maximum atomic E-state index is 12.1. The molecule has 1 unspecified atom stereocenters. The molecule has 0 fully saturated rings. The van der Waals surface area contributed by atoms with Crippen molar-refractivity contribution in [3.05, 3.63) is 0 Å². The summed E-state index contributed by atoms with van der Waals surface area (Å²) in [5.74, 6) is -1.73. The molecular weight excluding hydrogens is 338 g/mol. The zero-order valence-corrected chi connectivity index (χ0v) is 16.1. The Morgan fingerprint density at radius 2 is 1.73 bits per heavy atom. The first-order chi connectivity index (χ1) is 12.3. The highest BCUT2D eigenvalue weighted by atomic mass is 16.5. The third kappa shape index (κ3) is 10.0. The van der Waals surface area contributed by atoms with Gasteiger partial charge in [0.2, 0.25) is 0 Å². The van der Waals surface area contributed by atoms with Crippen LogP contribution in [0.15, 0.2) is 0 Å². The van der Waals surface area contributed by atoms with Crippen LogP contribution in [0.25, 0.3) is 0 Å². The van der Waals surface area contributed by atoms with Crippen LogP contribution in [0.4, 0.5) is 0 Å². The summed E-state index contributed by atoms with van der Waals surface area (Å²) in [4.78, 5) is 34.8. The van der Waals surface area contributed by atoms with Crippen molar-refractivity contribution in [1.82, 2.24) is 0 Å². The normalized spacial score (nSPS) is 12.9. The van der Waals surface area contributed by atoms with Crippen LogP contribution >= 0.6 is 0 Å². The van der Waals surface area contributed by atoms with Crippen molar-refractivity contribution in [3.8, 4) is 6.07 Å². The van der Waals surface area contributed by atoms with E-state index in [9.17, 15) is 19.6 Å². The Morgan fingerprint density at radius 1 is 1.08 bits per heavy atom. The van der Waals surface area contributed by atoms with E-state index in [4.69, 9.17) is 14.6 Å². The molecule has 148 valence electrons. The Balaban J connectivity index is 4.45. The predicted octanol–water partition coefficient (Wildman–Crippen LogP) is 3.46. The smallest absolute Gasteiger partial charge is 0.326 e. The van der Waals surface area contributed by atoms with Crippen molar-refractivity contribution in [1.29, 1.82) is 5.26 Å². The van der Waals surface area contributed by atoms with Crippen molar-refractivity contribution >= 4 is 17.9 Å². The minimum Gasteiger partial charge on any atom is -0.481 e. The van der Waals surface area contributed by atoms with Gasteiger partial charge in [-0.1, -0.05) is 33.1 Å². The molecule has 0 aromatic rings. The maximum absolute atomic E-state index is 12.1. The van der Waals surface area contributed by atoms with Gasteiger partial charge in [-0.25, -0.2) is 0 Å². The van der Waals surface area contributed by atoms with E-state index in [-0.39, 0.29) is 32.3 Å². The molecule has 0 amide bonds. The van der Waals surface area contributed by atoms with Crippen molar-refractivity contribution in [3.63, 3.8) is 0 Å². The summed E-state index contributed by atoms with van der Waals surface area (Å²) in [7, 11) is 0. The van der Waals surface area contributed by atoms with Gasteiger partial charge in [-0.2, -0.15) is 5.26 Å². The summed E-state index contributed by atoms with van der Waals surface area (Å²) in [6.07, 6.45) is 3.21. The summed E-state index contributed by atoms with van der Waals surface area (Å²) in [6.45, 7) is 6.32. The van der Waals surface area contributed by atoms with Crippen molar-refractivity contribution in [2.24, 2.45) is 11.3 Å². The highest BCUT2D eigenvalue weighted by molar-refractivity contribution is 5.82. The number of carboxylic acid groups (broad SMARTS) is 1. The van der Waals surface area contributed by atoms with Gasteiger partial charge in [-0.15, -0.1) is 0 Å². The number of nitrogens with zero attached hydrogens (tertiary/aromatic N) is 1. The third-order valence-corrected chi connectivity index (χ3v) is 4.09. The fraction of sp³-hybridized carbons (Fsp3) is 0.789. The van der Waals surface area contributed by atoms with Gasteiger partial charge in [0.05, 0.1) is 19.3 Å². The first-order valence-corrected chi connectivity index (χ1v) is 9.23. The minimum atomic E-state index is -1.63. The molecule has 0 radical (unpaired) electrons. The molecule has 0 saturated carbocycles. The van der Waals surface area contributed by atoms with Crippen LogP contribution in [0.5, 0.6) is 0 Å². The van der Waals surface area contributed by atoms with Crippen molar-refractivity contribution < 1.29 is 29.0 Å². The first-order valence-electron chi connectivity index (χ1n) is 9.23. The highest BCUT2D eigenvalue weighted by Gasteiger charge is 2.41. The Morgan fingerprint density at radius 3 is 2.27 bits per heavy atom. The van der Waals surface area contributed by atoms with Gasteiger partial charge in [0, 0.05) is 12.8 Å². The summed E-state index contributed by atoms with van der Waals surface area (Å²) >= 11 is 0. The largest absolute Gasteiger partial charge is 0.481 e. The fourth-order valence-corrected chi connectivity index (χ4v) is 2.48. The molecule has 0 rings (SSSR count). The Bertz CT molecular complexity index is 497. The number of aliphatic carboxylic acids is 1. The quantitative estimate of drug-likeness (QED) is 0.368. The van der Waals surface area contributed by atoms with Gasteiger partial charge in [-0.05, 0) is 32.1 Å². The van der Waals surface area contributed by atoms with E-state index in [0.29, 0.717) is 12.5 Å². The van der Waals surface area contributed by atoms with Gasteiger partial charge < -0.3 is 14.6 Å². The monoisotopic (exact) mass is 369 g/mol. The van der Waals surface area contributed by atoms with Gasteiger partial charge >= 0.3 is 17.9 Å². The van der Waals surface area contributed by atoms with Crippen LogP contribution in [0.3, 0.4) is 0 Å². The lowest BCUT2D eigenvalue weighted by molar-refractivity contribution is -0.154. The number of hydrogen-bond donors (Lipinski definition) is 1. The molecule has 0 spiro atoms.